The number of carbonyl (C=O) groups excluding carboxylic acids is 1. The average molecular weight is 346 g/mol. The van der Waals surface area contributed by atoms with Gasteiger partial charge in [-0.3, -0.25) is 9.69 Å². The van der Waals surface area contributed by atoms with Crippen LogP contribution in [-0.2, 0) is 0 Å². The standard InChI is InChI=1S/C18H20F2N4O/c1-11(15-7-13(19)2-5-16(15)20)23-8-12(9-23)6-18(25)17-10-24(22-21-17)14-3-4-14/h2,5,7,10-12,14H,3-4,6,8-9H2,1H3. The number of rotatable bonds is 6. The zero-order chi connectivity index (χ0) is 17.6. The van der Waals surface area contributed by atoms with Crippen molar-refractivity contribution in [3.05, 3.63) is 47.3 Å². The van der Waals surface area contributed by atoms with Gasteiger partial charge in [-0.15, -0.1) is 5.10 Å². The van der Waals surface area contributed by atoms with Gasteiger partial charge in [0.25, 0.3) is 0 Å². The smallest absolute Gasteiger partial charge is 0.185 e. The van der Waals surface area contributed by atoms with Gasteiger partial charge in [0.1, 0.15) is 17.3 Å². The third-order valence-corrected chi connectivity index (χ3v) is 5.13. The topological polar surface area (TPSA) is 51.0 Å². The first-order valence-corrected chi connectivity index (χ1v) is 8.65. The summed E-state index contributed by atoms with van der Waals surface area (Å²) in [6, 6.07) is 3.73. The number of carbonyl (C=O) groups is 1. The molecular formula is C18H20F2N4O. The molecule has 132 valence electrons. The highest BCUT2D eigenvalue weighted by Gasteiger charge is 2.34. The maximum atomic E-state index is 13.9. The lowest BCUT2D eigenvalue weighted by atomic mass is 9.90. The highest BCUT2D eigenvalue weighted by molar-refractivity contribution is 5.94. The fourth-order valence-electron chi connectivity index (χ4n) is 3.38. The van der Waals surface area contributed by atoms with Gasteiger partial charge in [-0.1, -0.05) is 5.21 Å². The third kappa shape index (κ3) is 3.33. The molecule has 25 heavy (non-hydrogen) atoms. The Morgan fingerprint density at radius 1 is 1.32 bits per heavy atom. The van der Waals surface area contributed by atoms with Crippen molar-refractivity contribution >= 4 is 5.78 Å². The van der Waals surface area contributed by atoms with Crippen molar-refractivity contribution in [3.8, 4) is 0 Å². The molecule has 1 aliphatic heterocycles. The fourth-order valence-corrected chi connectivity index (χ4v) is 3.38. The Morgan fingerprint density at radius 2 is 2.08 bits per heavy atom. The van der Waals surface area contributed by atoms with Gasteiger partial charge in [-0.05, 0) is 43.9 Å². The number of nitrogens with zero attached hydrogens (tertiary/aromatic N) is 4. The molecule has 1 aromatic heterocycles. The third-order valence-electron chi connectivity index (χ3n) is 5.13. The summed E-state index contributed by atoms with van der Waals surface area (Å²) < 4.78 is 29.0. The van der Waals surface area contributed by atoms with Crippen LogP contribution in [-0.4, -0.2) is 38.8 Å². The van der Waals surface area contributed by atoms with Crippen LogP contribution < -0.4 is 0 Å². The van der Waals surface area contributed by atoms with Crippen molar-refractivity contribution in [2.45, 2.75) is 38.3 Å². The number of benzene rings is 1. The zero-order valence-corrected chi connectivity index (χ0v) is 14.0. The Morgan fingerprint density at radius 3 is 2.80 bits per heavy atom. The summed E-state index contributed by atoms with van der Waals surface area (Å²) >= 11 is 0. The van der Waals surface area contributed by atoms with Gasteiger partial charge in [0.05, 0.1) is 12.2 Å². The molecule has 1 aliphatic carbocycles. The van der Waals surface area contributed by atoms with E-state index in [9.17, 15) is 13.6 Å². The molecule has 2 heterocycles. The Kier molecular flexibility index (Phi) is 4.11. The Bertz CT molecular complexity index is 796. The first-order chi connectivity index (χ1) is 12.0. The van der Waals surface area contributed by atoms with Gasteiger partial charge < -0.3 is 0 Å². The Labute approximate surface area is 144 Å². The van der Waals surface area contributed by atoms with Crippen LogP contribution >= 0.6 is 0 Å². The van der Waals surface area contributed by atoms with Crippen LogP contribution in [0.5, 0.6) is 0 Å². The largest absolute Gasteiger partial charge is 0.296 e. The van der Waals surface area contributed by atoms with Gasteiger partial charge in [-0.2, -0.15) is 0 Å². The first-order valence-electron chi connectivity index (χ1n) is 8.65. The van der Waals surface area contributed by atoms with E-state index >= 15 is 0 Å². The summed E-state index contributed by atoms with van der Waals surface area (Å²) in [5.74, 6) is -0.613. The van der Waals surface area contributed by atoms with E-state index in [0.29, 0.717) is 36.8 Å². The van der Waals surface area contributed by atoms with Crippen LogP contribution in [0.15, 0.2) is 24.4 Å². The zero-order valence-electron chi connectivity index (χ0n) is 14.0. The summed E-state index contributed by atoms with van der Waals surface area (Å²) in [6.07, 6.45) is 4.35. The minimum atomic E-state index is -0.436. The molecule has 5 nitrogen and oxygen atoms in total. The Hall–Kier alpha value is -2.15. The molecule has 2 aliphatic rings. The second-order valence-electron chi connectivity index (χ2n) is 7.10. The quantitative estimate of drug-likeness (QED) is 0.754. The van der Waals surface area contributed by atoms with Crippen LogP contribution in [0.1, 0.15) is 54.3 Å². The second kappa shape index (κ2) is 6.29. The summed E-state index contributed by atoms with van der Waals surface area (Å²) in [6.45, 7) is 3.25. The number of hydrogen-bond donors (Lipinski definition) is 0. The molecule has 1 aromatic carbocycles. The highest BCUT2D eigenvalue weighted by Crippen LogP contribution is 2.34. The molecule has 7 heteroatoms. The molecular weight excluding hydrogens is 326 g/mol. The Balaban J connectivity index is 1.32. The lowest BCUT2D eigenvalue weighted by Gasteiger charge is -2.43. The molecule has 0 amide bonds. The lowest BCUT2D eigenvalue weighted by molar-refractivity contribution is 0.0490. The molecule has 1 saturated carbocycles. The van der Waals surface area contributed by atoms with E-state index in [2.05, 4.69) is 15.2 Å². The molecule has 2 aromatic rings. The predicted octanol–water partition coefficient (Wildman–Crippen LogP) is 3.16. The molecule has 1 atom stereocenters. The van der Waals surface area contributed by atoms with Crippen LogP contribution in [0.2, 0.25) is 0 Å². The van der Waals surface area contributed by atoms with Crippen LogP contribution in [0.3, 0.4) is 0 Å². The van der Waals surface area contributed by atoms with Crippen molar-refractivity contribution < 1.29 is 13.6 Å². The van der Waals surface area contributed by atoms with Crippen molar-refractivity contribution in [1.82, 2.24) is 19.9 Å². The van der Waals surface area contributed by atoms with Crippen molar-refractivity contribution in [2.24, 2.45) is 5.92 Å². The first kappa shape index (κ1) is 16.3. The van der Waals surface area contributed by atoms with E-state index in [-0.39, 0.29) is 17.7 Å². The van der Waals surface area contributed by atoms with Gasteiger partial charge in [0, 0.05) is 31.1 Å². The molecule has 2 fully saturated rings. The number of aromatic nitrogens is 3. The average Bonchev–Trinajstić information content (AvgIpc) is 3.29. The number of likely N-dealkylation sites (tertiary alicyclic amines) is 1. The van der Waals surface area contributed by atoms with E-state index < -0.39 is 11.6 Å². The molecule has 4 rings (SSSR count). The number of ketones is 1. The summed E-state index contributed by atoms with van der Waals surface area (Å²) in [5, 5.41) is 7.98. The monoisotopic (exact) mass is 346 g/mol. The lowest BCUT2D eigenvalue weighted by Crippen LogP contribution is -2.48. The highest BCUT2D eigenvalue weighted by atomic mass is 19.1. The van der Waals surface area contributed by atoms with Crippen LogP contribution in [0.25, 0.3) is 0 Å². The molecule has 0 spiro atoms. The van der Waals surface area contributed by atoms with Gasteiger partial charge in [-0.25, -0.2) is 13.5 Å². The molecule has 0 radical (unpaired) electrons. The van der Waals surface area contributed by atoms with E-state index in [0.717, 1.165) is 25.0 Å². The molecule has 1 unspecified atom stereocenters. The van der Waals surface area contributed by atoms with E-state index in [1.165, 1.54) is 6.07 Å². The van der Waals surface area contributed by atoms with E-state index in [1.807, 2.05) is 6.92 Å². The fraction of sp³-hybridized carbons (Fsp3) is 0.500. The van der Waals surface area contributed by atoms with Crippen molar-refractivity contribution in [2.75, 3.05) is 13.1 Å². The van der Waals surface area contributed by atoms with E-state index in [4.69, 9.17) is 0 Å². The molecule has 0 bridgehead atoms. The van der Waals surface area contributed by atoms with E-state index in [1.54, 1.807) is 10.9 Å². The van der Waals surface area contributed by atoms with Crippen LogP contribution in [0, 0.1) is 17.6 Å². The summed E-state index contributed by atoms with van der Waals surface area (Å²) in [4.78, 5) is 14.4. The number of hydrogen-bond acceptors (Lipinski definition) is 4. The SMILES string of the molecule is CC(c1cc(F)ccc1F)N1CC(CC(=O)c2cn(C3CC3)nn2)C1. The van der Waals surface area contributed by atoms with Crippen molar-refractivity contribution in [3.63, 3.8) is 0 Å². The molecule has 0 N–H and O–H groups in total. The van der Waals surface area contributed by atoms with Gasteiger partial charge >= 0.3 is 0 Å². The maximum Gasteiger partial charge on any atom is 0.185 e. The maximum absolute atomic E-state index is 13.9. The normalized spacial score (nSPS) is 19.6. The van der Waals surface area contributed by atoms with Gasteiger partial charge in [0.2, 0.25) is 0 Å². The van der Waals surface area contributed by atoms with Gasteiger partial charge in [0.15, 0.2) is 5.78 Å². The summed E-state index contributed by atoms with van der Waals surface area (Å²) in [5.41, 5.74) is 0.784. The summed E-state index contributed by atoms with van der Waals surface area (Å²) in [7, 11) is 0. The number of halogens is 2. The predicted molar refractivity (Wildman–Crippen MR) is 87.1 cm³/mol. The second-order valence-corrected chi connectivity index (χ2v) is 7.10. The minimum absolute atomic E-state index is 0.00105. The van der Waals surface area contributed by atoms with Crippen molar-refractivity contribution in [1.29, 1.82) is 0 Å². The number of Topliss-reactive ketones (excluding diaryl/α,β-unsaturated/α-hetero) is 1. The van der Waals surface area contributed by atoms with Crippen LogP contribution in [0.4, 0.5) is 8.78 Å². The minimum Gasteiger partial charge on any atom is -0.296 e. The molecule has 1 saturated heterocycles.